The monoisotopic (exact) mass is 313 g/mol. The van der Waals surface area contributed by atoms with Crippen molar-refractivity contribution in [2.75, 3.05) is 13.7 Å². The molecule has 0 bridgehead atoms. The van der Waals surface area contributed by atoms with Gasteiger partial charge < -0.3 is 10.1 Å². The van der Waals surface area contributed by atoms with Gasteiger partial charge in [0.05, 0.1) is 12.8 Å². The lowest BCUT2D eigenvalue weighted by atomic mass is 10.2. The highest BCUT2D eigenvalue weighted by Crippen LogP contribution is 2.41. The average molecular weight is 313 g/mol. The van der Waals surface area contributed by atoms with Crippen molar-refractivity contribution in [1.29, 1.82) is 0 Å². The fourth-order valence-corrected chi connectivity index (χ4v) is 2.51. The molecule has 0 aliphatic heterocycles. The van der Waals surface area contributed by atoms with Crippen molar-refractivity contribution >= 4 is 5.91 Å². The van der Waals surface area contributed by atoms with Gasteiger partial charge in [0.15, 0.2) is 5.69 Å². The van der Waals surface area contributed by atoms with Crippen LogP contribution < -0.4 is 10.1 Å². The SMILES string of the molecule is COc1cccc(-n2nc(C(=O)NCC(C)C)cc2C2CC2)c1. The van der Waals surface area contributed by atoms with Gasteiger partial charge in [0, 0.05) is 24.2 Å². The van der Waals surface area contributed by atoms with Crippen molar-refractivity contribution in [3.8, 4) is 11.4 Å². The predicted octanol–water partition coefficient (Wildman–Crippen LogP) is 3.14. The van der Waals surface area contributed by atoms with Crippen LogP contribution in [0, 0.1) is 5.92 Å². The summed E-state index contributed by atoms with van der Waals surface area (Å²) in [5.41, 5.74) is 2.51. The fraction of sp³-hybridized carbons (Fsp3) is 0.444. The second-order valence-corrected chi connectivity index (χ2v) is 6.45. The lowest BCUT2D eigenvalue weighted by molar-refractivity contribution is 0.0943. The average Bonchev–Trinajstić information content (AvgIpc) is 3.31. The molecule has 1 fully saturated rings. The van der Waals surface area contributed by atoms with Crippen molar-refractivity contribution in [3.05, 3.63) is 41.7 Å². The molecule has 1 amide bonds. The van der Waals surface area contributed by atoms with E-state index in [1.54, 1.807) is 7.11 Å². The molecule has 1 aromatic carbocycles. The van der Waals surface area contributed by atoms with Crippen LogP contribution in [0.5, 0.6) is 5.75 Å². The molecule has 0 atom stereocenters. The minimum absolute atomic E-state index is 0.109. The van der Waals surface area contributed by atoms with E-state index in [0.29, 0.717) is 24.1 Å². The molecule has 1 aliphatic carbocycles. The molecule has 1 heterocycles. The summed E-state index contributed by atoms with van der Waals surface area (Å²) in [6.45, 7) is 4.80. The molecule has 1 aliphatic rings. The van der Waals surface area contributed by atoms with Crippen LogP contribution in [0.2, 0.25) is 0 Å². The first kappa shape index (κ1) is 15.6. The van der Waals surface area contributed by atoms with Gasteiger partial charge in [-0.05, 0) is 37.0 Å². The Kier molecular flexibility index (Phi) is 4.37. The number of nitrogens with zero attached hydrogens (tertiary/aromatic N) is 2. The summed E-state index contributed by atoms with van der Waals surface area (Å²) >= 11 is 0. The zero-order valence-corrected chi connectivity index (χ0v) is 13.9. The minimum atomic E-state index is -0.109. The minimum Gasteiger partial charge on any atom is -0.497 e. The number of hydrogen-bond acceptors (Lipinski definition) is 3. The maximum atomic E-state index is 12.3. The molecule has 2 aromatic rings. The van der Waals surface area contributed by atoms with Crippen LogP contribution in [0.15, 0.2) is 30.3 Å². The number of nitrogens with one attached hydrogen (secondary N) is 1. The van der Waals surface area contributed by atoms with Gasteiger partial charge in [0.25, 0.3) is 5.91 Å². The summed E-state index contributed by atoms with van der Waals surface area (Å²) in [6, 6.07) is 9.68. The molecule has 1 N–H and O–H groups in total. The first-order chi connectivity index (χ1) is 11.1. The maximum absolute atomic E-state index is 12.3. The van der Waals surface area contributed by atoms with Crippen molar-refractivity contribution in [2.45, 2.75) is 32.6 Å². The van der Waals surface area contributed by atoms with E-state index in [2.05, 4.69) is 24.3 Å². The molecule has 3 rings (SSSR count). The summed E-state index contributed by atoms with van der Waals surface area (Å²) < 4.78 is 7.17. The van der Waals surface area contributed by atoms with E-state index in [4.69, 9.17) is 4.74 Å². The Bertz CT molecular complexity index is 702. The lowest BCUT2D eigenvalue weighted by Gasteiger charge is -2.08. The number of amides is 1. The Morgan fingerprint density at radius 1 is 1.39 bits per heavy atom. The normalized spacial score (nSPS) is 14.1. The number of ether oxygens (including phenoxy) is 1. The van der Waals surface area contributed by atoms with Crippen LogP contribution in [0.1, 0.15) is 48.8 Å². The first-order valence-corrected chi connectivity index (χ1v) is 8.11. The predicted molar refractivity (Wildman–Crippen MR) is 89.3 cm³/mol. The molecule has 5 nitrogen and oxygen atoms in total. The van der Waals surface area contributed by atoms with Crippen LogP contribution in [0.4, 0.5) is 0 Å². The van der Waals surface area contributed by atoms with E-state index < -0.39 is 0 Å². The molecular formula is C18H23N3O2. The topological polar surface area (TPSA) is 56.2 Å². The van der Waals surface area contributed by atoms with Crippen LogP contribution in [0.25, 0.3) is 5.69 Å². The van der Waals surface area contributed by atoms with E-state index in [-0.39, 0.29) is 5.91 Å². The molecule has 122 valence electrons. The molecule has 1 saturated carbocycles. The number of rotatable bonds is 6. The van der Waals surface area contributed by atoms with Crippen LogP contribution in [-0.4, -0.2) is 29.3 Å². The molecule has 0 spiro atoms. The molecule has 23 heavy (non-hydrogen) atoms. The van der Waals surface area contributed by atoms with Crippen LogP contribution >= 0.6 is 0 Å². The third-order valence-electron chi connectivity index (χ3n) is 3.93. The molecule has 0 radical (unpaired) electrons. The summed E-state index contributed by atoms with van der Waals surface area (Å²) in [4.78, 5) is 12.3. The highest BCUT2D eigenvalue weighted by Gasteiger charge is 2.29. The van der Waals surface area contributed by atoms with E-state index >= 15 is 0 Å². The Balaban J connectivity index is 1.91. The van der Waals surface area contributed by atoms with Gasteiger partial charge in [-0.3, -0.25) is 4.79 Å². The van der Waals surface area contributed by atoms with Gasteiger partial charge >= 0.3 is 0 Å². The van der Waals surface area contributed by atoms with Crippen molar-refractivity contribution in [2.24, 2.45) is 5.92 Å². The molecule has 0 unspecified atom stereocenters. The smallest absolute Gasteiger partial charge is 0.271 e. The quantitative estimate of drug-likeness (QED) is 0.891. The van der Waals surface area contributed by atoms with Crippen LogP contribution in [0.3, 0.4) is 0 Å². The highest BCUT2D eigenvalue weighted by atomic mass is 16.5. The van der Waals surface area contributed by atoms with Gasteiger partial charge in [-0.1, -0.05) is 19.9 Å². The summed E-state index contributed by atoms with van der Waals surface area (Å²) in [5.74, 6) is 1.59. The Morgan fingerprint density at radius 3 is 2.83 bits per heavy atom. The Labute approximate surface area is 136 Å². The van der Waals surface area contributed by atoms with Gasteiger partial charge in [-0.25, -0.2) is 4.68 Å². The molecule has 0 saturated heterocycles. The summed E-state index contributed by atoms with van der Waals surface area (Å²) in [7, 11) is 1.65. The number of benzene rings is 1. The van der Waals surface area contributed by atoms with E-state index in [9.17, 15) is 4.79 Å². The van der Waals surface area contributed by atoms with Gasteiger partial charge in [0.1, 0.15) is 5.75 Å². The van der Waals surface area contributed by atoms with Gasteiger partial charge in [-0.2, -0.15) is 5.10 Å². The van der Waals surface area contributed by atoms with Crippen LogP contribution in [-0.2, 0) is 0 Å². The Hall–Kier alpha value is -2.30. The van der Waals surface area contributed by atoms with E-state index in [1.807, 2.05) is 35.0 Å². The van der Waals surface area contributed by atoms with Gasteiger partial charge in [0.2, 0.25) is 0 Å². The zero-order valence-electron chi connectivity index (χ0n) is 13.9. The number of aromatic nitrogens is 2. The zero-order chi connectivity index (χ0) is 16.4. The second kappa shape index (κ2) is 6.44. The number of methoxy groups -OCH3 is 1. The third kappa shape index (κ3) is 3.55. The van der Waals surface area contributed by atoms with E-state index in [0.717, 1.165) is 30.0 Å². The third-order valence-corrected chi connectivity index (χ3v) is 3.93. The highest BCUT2D eigenvalue weighted by molar-refractivity contribution is 5.92. The largest absolute Gasteiger partial charge is 0.497 e. The summed E-state index contributed by atoms with van der Waals surface area (Å²) in [5, 5.41) is 7.48. The number of hydrogen-bond donors (Lipinski definition) is 1. The lowest BCUT2D eigenvalue weighted by Crippen LogP contribution is -2.27. The number of carbonyl (C=O) groups is 1. The van der Waals surface area contributed by atoms with Crippen molar-refractivity contribution in [1.82, 2.24) is 15.1 Å². The first-order valence-electron chi connectivity index (χ1n) is 8.11. The second-order valence-electron chi connectivity index (χ2n) is 6.45. The van der Waals surface area contributed by atoms with E-state index in [1.165, 1.54) is 0 Å². The molecule has 5 heteroatoms. The summed E-state index contributed by atoms with van der Waals surface area (Å²) in [6.07, 6.45) is 2.31. The fourth-order valence-electron chi connectivity index (χ4n) is 2.51. The molecule has 1 aromatic heterocycles. The van der Waals surface area contributed by atoms with Gasteiger partial charge in [-0.15, -0.1) is 0 Å². The standard InChI is InChI=1S/C18H23N3O2/c1-12(2)11-19-18(22)16-10-17(13-7-8-13)21(20-16)14-5-4-6-15(9-14)23-3/h4-6,9-10,12-13H,7-8,11H2,1-3H3,(H,19,22). The number of carbonyl (C=O) groups excluding carboxylic acids is 1. The van der Waals surface area contributed by atoms with Crippen molar-refractivity contribution in [3.63, 3.8) is 0 Å². The Morgan fingerprint density at radius 2 is 2.17 bits per heavy atom. The maximum Gasteiger partial charge on any atom is 0.271 e. The van der Waals surface area contributed by atoms with Crippen molar-refractivity contribution < 1.29 is 9.53 Å². The molecular weight excluding hydrogens is 290 g/mol.